The highest BCUT2D eigenvalue weighted by Crippen LogP contribution is 2.31. The van der Waals surface area contributed by atoms with Crippen LogP contribution in [-0.4, -0.2) is 57.3 Å². The minimum atomic E-state index is -3.36. The van der Waals surface area contributed by atoms with Crippen molar-refractivity contribution in [2.24, 2.45) is 11.7 Å². The van der Waals surface area contributed by atoms with Gasteiger partial charge < -0.3 is 15.2 Å². The maximum atomic E-state index is 12.5. The molecule has 41 heavy (non-hydrogen) atoms. The Kier molecular flexibility index (Phi) is 12.3. The summed E-state index contributed by atoms with van der Waals surface area (Å²) >= 11 is 0. The molecule has 228 valence electrons. The normalized spacial score (nSPS) is 17.9. The molecule has 1 heterocycles. The number of carbonyl (C=O) groups is 1. The molecule has 1 aliphatic carbocycles. The molecular formula is C31H46ClN3O5S. The van der Waals surface area contributed by atoms with E-state index in [-0.39, 0.29) is 18.3 Å². The van der Waals surface area contributed by atoms with Gasteiger partial charge >= 0.3 is 0 Å². The van der Waals surface area contributed by atoms with Gasteiger partial charge in [-0.3, -0.25) is 14.0 Å². The highest BCUT2D eigenvalue weighted by molar-refractivity contribution is 7.92. The topological polar surface area (TPSA) is 102 Å². The number of benzene rings is 2. The molecule has 0 unspecified atom stereocenters. The molecule has 2 N–H and O–H groups in total. The lowest BCUT2D eigenvalue weighted by molar-refractivity contribution is -0.151. The fourth-order valence-corrected chi connectivity index (χ4v) is 6.71. The molecule has 1 saturated carbocycles. The van der Waals surface area contributed by atoms with E-state index >= 15 is 0 Å². The summed E-state index contributed by atoms with van der Waals surface area (Å²) < 4.78 is 38.6. The second-order valence-electron chi connectivity index (χ2n) is 11.4. The van der Waals surface area contributed by atoms with Crippen LogP contribution < -0.4 is 14.8 Å². The Hall–Kier alpha value is -2.33. The van der Waals surface area contributed by atoms with Crippen LogP contribution in [0.4, 0.5) is 5.69 Å². The van der Waals surface area contributed by atoms with E-state index in [1.807, 2.05) is 48.5 Å². The van der Waals surface area contributed by atoms with Gasteiger partial charge in [-0.15, -0.1) is 12.4 Å². The molecule has 1 saturated heterocycles. The molecule has 2 aromatic carbocycles. The molecular weight excluding hydrogens is 562 g/mol. The number of rotatable bonds is 13. The van der Waals surface area contributed by atoms with Crippen LogP contribution in [0, 0.1) is 5.92 Å². The van der Waals surface area contributed by atoms with Gasteiger partial charge in [0.25, 0.3) is 0 Å². The van der Waals surface area contributed by atoms with Crippen LogP contribution in [0.25, 0.3) is 0 Å². The Morgan fingerprint density at radius 2 is 1.59 bits per heavy atom. The van der Waals surface area contributed by atoms with Crippen molar-refractivity contribution in [2.75, 3.05) is 36.8 Å². The van der Waals surface area contributed by atoms with Gasteiger partial charge in [0.15, 0.2) is 0 Å². The van der Waals surface area contributed by atoms with Crippen LogP contribution in [0.3, 0.4) is 0 Å². The first-order valence-corrected chi connectivity index (χ1v) is 16.5. The van der Waals surface area contributed by atoms with Crippen LogP contribution in [0.5, 0.6) is 11.5 Å². The first-order chi connectivity index (χ1) is 19.2. The van der Waals surface area contributed by atoms with Crippen molar-refractivity contribution < 1.29 is 22.7 Å². The third kappa shape index (κ3) is 9.33. The molecule has 2 fully saturated rings. The van der Waals surface area contributed by atoms with Gasteiger partial charge in [0.1, 0.15) is 17.1 Å². The fourth-order valence-electron chi connectivity index (χ4n) is 5.72. The van der Waals surface area contributed by atoms with E-state index in [1.54, 1.807) is 0 Å². The van der Waals surface area contributed by atoms with E-state index < -0.39 is 15.6 Å². The Morgan fingerprint density at radius 3 is 2.12 bits per heavy atom. The van der Waals surface area contributed by atoms with Gasteiger partial charge in [-0.05, 0) is 80.0 Å². The fraction of sp³-hybridized carbons (Fsp3) is 0.581. The maximum Gasteiger partial charge on any atom is 0.249 e. The lowest BCUT2D eigenvalue weighted by Crippen LogP contribution is -2.53. The third-order valence-corrected chi connectivity index (χ3v) is 9.39. The number of likely N-dealkylation sites (tertiary alicyclic amines) is 1. The van der Waals surface area contributed by atoms with Crippen molar-refractivity contribution >= 4 is 34.0 Å². The first-order valence-electron chi connectivity index (χ1n) is 14.7. The molecule has 1 amide bonds. The van der Waals surface area contributed by atoms with Crippen LogP contribution >= 0.6 is 12.4 Å². The maximum absolute atomic E-state index is 12.5. The summed E-state index contributed by atoms with van der Waals surface area (Å²) in [5, 5.41) is 0. The van der Waals surface area contributed by atoms with Crippen molar-refractivity contribution in [3.05, 3.63) is 54.1 Å². The average molecular weight is 608 g/mol. The van der Waals surface area contributed by atoms with E-state index in [4.69, 9.17) is 15.2 Å². The van der Waals surface area contributed by atoms with Gasteiger partial charge in [0, 0.05) is 32.8 Å². The Morgan fingerprint density at radius 1 is 1.00 bits per heavy atom. The molecule has 0 aromatic heterocycles. The van der Waals surface area contributed by atoms with Gasteiger partial charge in [-0.1, -0.05) is 44.7 Å². The average Bonchev–Trinajstić information content (AvgIpc) is 2.94. The van der Waals surface area contributed by atoms with Gasteiger partial charge in [0.2, 0.25) is 15.9 Å². The summed E-state index contributed by atoms with van der Waals surface area (Å²) in [6.45, 7) is 5.49. The van der Waals surface area contributed by atoms with Gasteiger partial charge in [-0.25, -0.2) is 8.42 Å². The Balaban J connectivity index is 0.00000462. The quantitative estimate of drug-likeness (QED) is 0.285. The number of amides is 1. The minimum Gasteiger partial charge on any atom is -0.457 e. The second kappa shape index (κ2) is 15.2. The lowest BCUT2D eigenvalue weighted by Gasteiger charge is -2.39. The zero-order valence-electron chi connectivity index (χ0n) is 24.4. The zero-order chi connectivity index (χ0) is 28.6. The number of piperidine rings is 1. The molecule has 0 radical (unpaired) electrons. The molecule has 10 heteroatoms. The summed E-state index contributed by atoms with van der Waals surface area (Å²) in [4.78, 5) is 14.5. The van der Waals surface area contributed by atoms with Crippen molar-refractivity contribution in [2.45, 2.75) is 76.9 Å². The van der Waals surface area contributed by atoms with Crippen molar-refractivity contribution in [1.29, 1.82) is 0 Å². The minimum absolute atomic E-state index is 0. The highest BCUT2D eigenvalue weighted by atomic mass is 35.5. The molecule has 0 atom stereocenters. The molecule has 0 spiro atoms. The summed E-state index contributed by atoms with van der Waals surface area (Å²) in [5.41, 5.74) is 6.71. The van der Waals surface area contributed by atoms with Gasteiger partial charge in [0.05, 0.1) is 11.9 Å². The number of carbonyl (C=O) groups excluding carboxylic acids is 1. The number of unbranched alkanes of at least 4 members (excludes halogenated alkanes) is 1. The second-order valence-corrected chi connectivity index (χ2v) is 13.3. The summed E-state index contributed by atoms with van der Waals surface area (Å²) in [6.07, 6.45) is 10.2. The molecule has 8 nitrogen and oxygen atoms in total. The predicted molar refractivity (Wildman–Crippen MR) is 166 cm³/mol. The number of hydrogen-bond donors (Lipinski definition) is 1. The Labute approximate surface area is 252 Å². The van der Waals surface area contributed by atoms with Gasteiger partial charge in [-0.2, -0.15) is 0 Å². The van der Waals surface area contributed by atoms with Crippen LogP contribution in [0.2, 0.25) is 0 Å². The number of hydrogen-bond acceptors (Lipinski definition) is 6. The van der Waals surface area contributed by atoms with Crippen LogP contribution in [0.1, 0.15) is 70.3 Å². The van der Waals surface area contributed by atoms with E-state index in [9.17, 15) is 13.2 Å². The largest absolute Gasteiger partial charge is 0.457 e. The number of nitrogens with two attached hydrogens (primary N) is 1. The predicted octanol–water partition coefficient (Wildman–Crippen LogP) is 5.88. The molecule has 0 bridgehead atoms. The SMILES string of the molecule is CCCCOC1(C(N)=O)CCN(Cc2ccc(Oc3ccc(N(CC4CCCCC4)S(C)(=O)=O)cc3)cc2)CC1.Cl. The van der Waals surface area contributed by atoms with E-state index in [0.29, 0.717) is 43.3 Å². The molecule has 2 aliphatic rings. The van der Waals surface area contributed by atoms with E-state index in [2.05, 4.69) is 11.8 Å². The molecule has 2 aromatic rings. The lowest BCUT2D eigenvalue weighted by atomic mass is 9.89. The monoisotopic (exact) mass is 607 g/mol. The zero-order valence-corrected chi connectivity index (χ0v) is 26.1. The van der Waals surface area contributed by atoms with Crippen LogP contribution in [-0.2, 0) is 26.1 Å². The van der Waals surface area contributed by atoms with Crippen molar-refractivity contribution in [3.63, 3.8) is 0 Å². The van der Waals surface area contributed by atoms with Crippen LogP contribution in [0.15, 0.2) is 48.5 Å². The van der Waals surface area contributed by atoms with Crippen molar-refractivity contribution in [1.82, 2.24) is 4.90 Å². The van der Waals surface area contributed by atoms with E-state index in [0.717, 1.165) is 56.6 Å². The molecule has 4 rings (SSSR count). The summed E-state index contributed by atoms with van der Waals surface area (Å²) in [7, 11) is -3.36. The Bertz CT molecular complexity index is 1190. The van der Waals surface area contributed by atoms with Crippen molar-refractivity contribution in [3.8, 4) is 11.5 Å². The summed E-state index contributed by atoms with van der Waals surface area (Å²) in [6, 6.07) is 15.3. The van der Waals surface area contributed by atoms with E-state index in [1.165, 1.54) is 29.8 Å². The third-order valence-electron chi connectivity index (χ3n) is 8.23. The molecule has 1 aliphatic heterocycles. The number of primary amides is 1. The number of halogens is 1. The standard InChI is InChI=1S/C31H45N3O5S.ClH/c1-3-4-22-38-31(30(32)35)18-20-33(21-19-31)23-26-10-14-28(15-11-26)39-29-16-12-27(13-17-29)34(40(2,36)37)24-25-8-6-5-7-9-25;/h10-17,25H,3-9,18-24H2,1-2H3,(H2,32,35);1H. The number of sulfonamides is 1. The number of nitrogens with zero attached hydrogens (tertiary/aromatic N) is 2. The first kappa shape index (κ1) is 33.2. The highest BCUT2D eigenvalue weighted by Gasteiger charge is 2.40. The number of ether oxygens (including phenoxy) is 2. The summed E-state index contributed by atoms with van der Waals surface area (Å²) in [5.74, 6) is 1.43. The smallest absolute Gasteiger partial charge is 0.249 e. The number of anilines is 1.